The predicted molar refractivity (Wildman–Crippen MR) is 182 cm³/mol. The second kappa shape index (κ2) is 40.9. The van der Waals surface area contributed by atoms with Gasteiger partial charge in [-0.3, -0.25) is 19.2 Å². The molecule has 2 amide bonds. The van der Waals surface area contributed by atoms with Crippen molar-refractivity contribution < 1.29 is 53.3 Å². The summed E-state index contributed by atoms with van der Waals surface area (Å²) in [6.07, 6.45) is 6.71. The fourth-order valence-electron chi connectivity index (χ4n) is 3.38. The molecule has 0 saturated carbocycles. The summed E-state index contributed by atoms with van der Waals surface area (Å²) in [4.78, 5) is 60.6. The summed E-state index contributed by atoms with van der Waals surface area (Å²) in [5.41, 5.74) is 9.77. The van der Waals surface area contributed by atoms with Gasteiger partial charge in [0.05, 0.1) is 24.4 Å². The SMILES string of the molecule is CC(=O)[O-].CC(=O)[O-].CN.CN.CNC(=O)C(CC(C)=O)NC.CNC(=O)[C@H](CC(C)=NOC1CCCCO1)NC.NOC1CCCCO1. The van der Waals surface area contributed by atoms with Crippen LogP contribution in [0.2, 0.25) is 0 Å². The average molecular weight is 713 g/mol. The normalized spacial score (nSPS) is 17.2. The lowest BCUT2D eigenvalue weighted by atomic mass is 10.1. The fourth-order valence-corrected chi connectivity index (χ4v) is 3.38. The molecule has 292 valence electrons. The molecule has 2 aliphatic heterocycles. The zero-order chi connectivity index (χ0) is 39.2. The molecule has 3 unspecified atom stereocenters. The highest BCUT2D eigenvalue weighted by Gasteiger charge is 2.18. The Morgan fingerprint density at radius 2 is 1.08 bits per heavy atom. The number of amides is 2. The largest absolute Gasteiger partial charge is 0.550 e. The number of aliphatic carboxylic acids is 2. The number of carboxylic acid groups (broad SMARTS) is 2. The molecule has 2 aliphatic rings. The maximum atomic E-state index is 11.5. The van der Waals surface area contributed by atoms with E-state index in [1.165, 1.54) is 27.4 Å². The molecule has 0 aromatic heterocycles. The summed E-state index contributed by atoms with van der Waals surface area (Å²) in [6, 6.07) is -0.674. The third kappa shape index (κ3) is 42.7. The molecule has 2 saturated heterocycles. The Hall–Kier alpha value is -3.30. The smallest absolute Gasteiger partial charge is 0.237 e. The number of likely N-dealkylation sites (N-methyl/N-ethyl adjacent to an activating group) is 4. The first-order chi connectivity index (χ1) is 23.2. The van der Waals surface area contributed by atoms with Crippen LogP contribution in [0, 0.1) is 0 Å². The minimum atomic E-state index is -1.08. The van der Waals surface area contributed by atoms with Crippen molar-refractivity contribution in [1.82, 2.24) is 21.3 Å². The van der Waals surface area contributed by atoms with Gasteiger partial charge in [0.1, 0.15) is 5.78 Å². The lowest BCUT2D eigenvalue weighted by Gasteiger charge is -2.20. The highest BCUT2D eigenvalue weighted by Crippen LogP contribution is 2.14. The van der Waals surface area contributed by atoms with Crippen molar-refractivity contribution in [2.75, 3.05) is 55.5 Å². The molecule has 0 bridgehead atoms. The molecule has 4 atom stereocenters. The zero-order valence-corrected chi connectivity index (χ0v) is 31.1. The lowest BCUT2D eigenvalue weighted by Crippen LogP contribution is -2.42. The molecule has 2 heterocycles. The number of nitrogens with zero attached hydrogens (tertiary/aromatic N) is 1. The van der Waals surface area contributed by atoms with Crippen molar-refractivity contribution in [3.8, 4) is 0 Å². The Morgan fingerprint density at radius 3 is 1.35 bits per heavy atom. The summed E-state index contributed by atoms with van der Waals surface area (Å²) in [5.74, 6) is 2.51. The van der Waals surface area contributed by atoms with E-state index in [4.69, 9.17) is 40.0 Å². The topological polar surface area (TPSA) is 307 Å². The van der Waals surface area contributed by atoms with E-state index in [1.54, 1.807) is 28.2 Å². The van der Waals surface area contributed by atoms with E-state index in [0.29, 0.717) is 6.42 Å². The monoisotopic (exact) mass is 712 g/mol. The van der Waals surface area contributed by atoms with Crippen molar-refractivity contribution in [2.45, 2.75) is 104 Å². The Balaban J connectivity index is -0.000000178. The Morgan fingerprint density at radius 1 is 0.714 bits per heavy atom. The standard InChI is InChI=1S/C12H23N3O3.C7H14N2O2.C5H11NO2.2C2H4O2.2CH5N/c1-9(8-10(13-2)12(16)14-3)15-18-11-6-4-5-7-17-11;1-5(10)4-6(8-2)7(11)9-3;6-8-5-3-1-2-4-7-5;2*1-2(3)4;2*1-2/h10-11,13H,4-8H2,1-3H3,(H,14,16);6,8H,4H2,1-3H3,(H,9,11);5H,1-4,6H2;2*1H3,(H,3,4);2*2H2,1H3/p-2/t10-,11?;;;;;;/m0....../s1. The van der Waals surface area contributed by atoms with Gasteiger partial charge < -0.3 is 66.8 Å². The highest BCUT2D eigenvalue weighted by molar-refractivity contribution is 5.90. The number of Topliss-reactive ketones (excluding diaryl/α,β-unsaturated/α-hetero) is 1. The number of nitrogens with one attached hydrogen (secondary N) is 4. The summed E-state index contributed by atoms with van der Waals surface area (Å²) in [5, 5.41) is 32.6. The molecule has 19 heteroatoms. The molecule has 0 spiro atoms. The van der Waals surface area contributed by atoms with Crippen molar-refractivity contribution >= 4 is 35.2 Å². The number of carbonyl (C=O) groups excluding carboxylic acids is 5. The molecule has 0 aliphatic carbocycles. The van der Waals surface area contributed by atoms with Gasteiger partial charge in [0.25, 0.3) is 0 Å². The third-order valence-corrected chi connectivity index (χ3v) is 5.57. The Kier molecular flexibility index (Phi) is 46.0. The van der Waals surface area contributed by atoms with E-state index >= 15 is 0 Å². The fraction of sp³-hybridized carbons (Fsp3) is 0.800. The molecule has 2 fully saturated rings. The first-order valence-electron chi connectivity index (χ1n) is 15.7. The number of carboxylic acids is 2. The molecule has 0 aromatic rings. The number of hydrogen-bond donors (Lipinski definition) is 7. The van der Waals surface area contributed by atoms with Crippen LogP contribution in [0.5, 0.6) is 0 Å². The first-order valence-corrected chi connectivity index (χ1v) is 15.7. The van der Waals surface area contributed by atoms with Gasteiger partial charge in [-0.2, -0.15) is 0 Å². The first kappa shape index (κ1) is 55.1. The summed E-state index contributed by atoms with van der Waals surface area (Å²) < 4.78 is 10.5. The number of rotatable bonds is 11. The number of ether oxygens (including phenoxy) is 2. The van der Waals surface area contributed by atoms with Gasteiger partial charge >= 0.3 is 0 Å². The van der Waals surface area contributed by atoms with Crippen LogP contribution in [0.15, 0.2) is 5.16 Å². The maximum absolute atomic E-state index is 11.5. The Bertz CT molecular complexity index is 836. The quantitative estimate of drug-likeness (QED) is 0.0829. The number of oxime groups is 1. The van der Waals surface area contributed by atoms with Crippen LogP contribution >= 0.6 is 0 Å². The molecule has 0 aromatic carbocycles. The molecule has 10 N–H and O–H groups in total. The maximum Gasteiger partial charge on any atom is 0.237 e. The second-order valence-electron chi connectivity index (χ2n) is 9.66. The van der Waals surface area contributed by atoms with E-state index in [9.17, 15) is 14.4 Å². The summed E-state index contributed by atoms with van der Waals surface area (Å²) >= 11 is 0. The summed E-state index contributed by atoms with van der Waals surface area (Å²) in [7, 11) is 9.57. The van der Waals surface area contributed by atoms with E-state index in [0.717, 1.165) is 64.9 Å². The average Bonchev–Trinajstić information content (AvgIpc) is 3.10. The van der Waals surface area contributed by atoms with Crippen LogP contribution in [-0.2, 0) is 43.1 Å². The van der Waals surface area contributed by atoms with Crippen LogP contribution in [0.3, 0.4) is 0 Å². The van der Waals surface area contributed by atoms with Gasteiger partial charge in [-0.15, -0.1) is 0 Å². The van der Waals surface area contributed by atoms with E-state index in [-0.39, 0.29) is 42.6 Å². The minimum Gasteiger partial charge on any atom is -0.550 e. The van der Waals surface area contributed by atoms with Crippen molar-refractivity contribution in [3.63, 3.8) is 0 Å². The van der Waals surface area contributed by atoms with Crippen LogP contribution < -0.4 is 48.8 Å². The highest BCUT2D eigenvalue weighted by atomic mass is 16.8. The van der Waals surface area contributed by atoms with Gasteiger partial charge in [-0.25, -0.2) is 5.90 Å². The van der Waals surface area contributed by atoms with Crippen LogP contribution in [0.25, 0.3) is 0 Å². The van der Waals surface area contributed by atoms with E-state index in [1.807, 2.05) is 6.92 Å². The van der Waals surface area contributed by atoms with Gasteiger partial charge in [-0.05, 0) is 81.6 Å². The van der Waals surface area contributed by atoms with Crippen LogP contribution in [-0.4, -0.2) is 115 Å². The lowest BCUT2D eigenvalue weighted by molar-refractivity contribution is -0.303. The van der Waals surface area contributed by atoms with Gasteiger partial charge in [0.15, 0.2) is 6.29 Å². The van der Waals surface area contributed by atoms with Gasteiger partial charge in [0, 0.05) is 58.3 Å². The predicted octanol–water partition coefficient (Wildman–Crippen LogP) is -3.01. The third-order valence-electron chi connectivity index (χ3n) is 5.57. The molecule has 0 radical (unpaired) electrons. The van der Waals surface area contributed by atoms with Crippen molar-refractivity contribution in [1.29, 1.82) is 0 Å². The molecular formula is C30H64N8O11-2. The van der Waals surface area contributed by atoms with Crippen LogP contribution in [0.4, 0.5) is 0 Å². The van der Waals surface area contributed by atoms with Crippen molar-refractivity contribution in [3.05, 3.63) is 0 Å². The zero-order valence-electron chi connectivity index (χ0n) is 31.1. The van der Waals surface area contributed by atoms with E-state index < -0.39 is 18.0 Å². The van der Waals surface area contributed by atoms with Gasteiger partial charge in [-0.1, -0.05) is 5.16 Å². The number of carbonyl (C=O) groups is 5. The number of ketones is 1. The van der Waals surface area contributed by atoms with Crippen LogP contribution in [0.1, 0.15) is 79.1 Å². The Labute approximate surface area is 291 Å². The molecular weight excluding hydrogens is 648 g/mol. The summed E-state index contributed by atoms with van der Waals surface area (Å²) in [6.45, 7) is 6.78. The molecule has 19 nitrogen and oxygen atoms in total. The molecule has 49 heavy (non-hydrogen) atoms. The van der Waals surface area contributed by atoms with Crippen molar-refractivity contribution in [2.24, 2.45) is 22.5 Å². The van der Waals surface area contributed by atoms with Gasteiger partial charge in [0.2, 0.25) is 18.1 Å². The number of hydrogen-bond acceptors (Lipinski definition) is 17. The molecule has 2 rings (SSSR count). The van der Waals surface area contributed by atoms with E-state index in [2.05, 4.69) is 42.7 Å². The minimum absolute atomic E-state index is 0.00736. The number of nitrogens with two attached hydrogens (primary N) is 3. The second-order valence-corrected chi connectivity index (χ2v) is 9.66.